The molecule has 0 radical (unpaired) electrons. The van der Waals surface area contributed by atoms with Crippen LogP contribution < -0.4 is 10.1 Å². The molecule has 25 heavy (non-hydrogen) atoms. The Morgan fingerprint density at radius 1 is 1.24 bits per heavy atom. The summed E-state index contributed by atoms with van der Waals surface area (Å²) in [5, 5.41) is 2.36. The molecule has 2 rings (SSSR count). The van der Waals surface area contributed by atoms with Gasteiger partial charge in [-0.3, -0.25) is 9.59 Å². The minimum Gasteiger partial charge on any atom is -0.480 e. The molecule has 1 unspecified atom stereocenters. The van der Waals surface area contributed by atoms with Gasteiger partial charge in [0.25, 0.3) is 5.91 Å². The molecule has 132 valence electrons. The normalized spacial score (nSPS) is 12.4. The first-order chi connectivity index (χ1) is 11.7. The summed E-state index contributed by atoms with van der Waals surface area (Å²) in [7, 11) is 0. The van der Waals surface area contributed by atoms with E-state index < -0.39 is 23.8 Å². The summed E-state index contributed by atoms with van der Waals surface area (Å²) in [6, 6.07) is 8.97. The second-order valence-corrected chi connectivity index (χ2v) is 6.04. The molecule has 0 aliphatic heterocycles. The Kier molecular flexibility index (Phi) is 5.84. The van der Waals surface area contributed by atoms with Gasteiger partial charge in [0, 0.05) is 10.2 Å². The fourth-order valence-electron chi connectivity index (χ4n) is 1.98. The average Bonchev–Trinajstić information content (AvgIpc) is 2.55. The van der Waals surface area contributed by atoms with Crippen LogP contribution in [0.25, 0.3) is 0 Å². The minimum absolute atomic E-state index is 0.00157. The van der Waals surface area contributed by atoms with Gasteiger partial charge in [-0.15, -0.1) is 0 Å². The van der Waals surface area contributed by atoms with Gasteiger partial charge in [0.1, 0.15) is 5.75 Å². The molecular weight excluding hydrogens is 403 g/mol. The highest BCUT2D eigenvalue weighted by molar-refractivity contribution is 9.10. The molecule has 2 aromatic rings. The van der Waals surface area contributed by atoms with Crippen molar-refractivity contribution in [1.29, 1.82) is 0 Å². The Balaban J connectivity index is 2.10. The van der Waals surface area contributed by atoms with Crippen LogP contribution in [0.4, 0.5) is 18.9 Å². The first-order valence-corrected chi connectivity index (χ1v) is 7.89. The summed E-state index contributed by atoms with van der Waals surface area (Å²) < 4.78 is 44.2. The van der Waals surface area contributed by atoms with Crippen LogP contribution in [0.2, 0.25) is 0 Å². The number of hydrogen-bond donors (Lipinski definition) is 1. The summed E-state index contributed by atoms with van der Waals surface area (Å²) in [4.78, 5) is 23.2. The zero-order valence-electron chi connectivity index (χ0n) is 12.9. The Hall–Kier alpha value is -2.35. The molecule has 0 aliphatic rings. The lowest BCUT2D eigenvalue weighted by Gasteiger charge is -2.16. The van der Waals surface area contributed by atoms with E-state index in [0.29, 0.717) is 10.8 Å². The van der Waals surface area contributed by atoms with Gasteiger partial charge >= 0.3 is 6.18 Å². The molecule has 0 bridgehead atoms. The fraction of sp³-hybridized carbons (Fsp3) is 0.176. The summed E-state index contributed by atoms with van der Waals surface area (Å²) in [6.07, 6.45) is -4.94. The van der Waals surface area contributed by atoms with E-state index in [1.807, 2.05) is 0 Å². The van der Waals surface area contributed by atoms with E-state index in [2.05, 4.69) is 21.2 Å². The number of aldehydes is 1. The van der Waals surface area contributed by atoms with Gasteiger partial charge in [0.05, 0.1) is 11.1 Å². The molecule has 8 heteroatoms. The topological polar surface area (TPSA) is 55.4 Å². The number of hydrogen-bond acceptors (Lipinski definition) is 3. The lowest BCUT2D eigenvalue weighted by molar-refractivity contribution is -0.137. The average molecular weight is 416 g/mol. The Morgan fingerprint density at radius 2 is 1.96 bits per heavy atom. The SMILES string of the molecule is CC(Oc1ccc(Br)cc1C=O)C(=O)Nc1cccc(C(F)(F)F)c1. The number of amides is 1. The lowest BCUT2D eigenvalue weighted by atomic mass is 10.2. The molecule has 0 heterocycles. The molecular formula is C17H13BrF3NO3. The Morgan fingerprint density at radius 3 is 2.60 bits per heavy atom. The molecule has 1 atom stereocenters. The molecule has 0 fully saturated rings. The van der Waals surface area contributed by atoms with Crippen LogP contribution in [0.15, 0.2) is 46.9 Å². The van der Waals surface area contributed by atoms with Crippen molar-refractivity contribution in [3.05, 3.63) is 58.1 Å². The molecule has 1 N–H and O–H groups in total. The van der Waals surface area contributed by atoms with Crippen molar-refractivity contribution >= 4 is 33.8 Å². The van der Waals surface area contributed by atoms with Crippen LogP contribution in [0.5, 0.6) is 5.75 Å². The van der Waals surface area contributed by atoms with E-state index in [-0.39, 0.29) is 17.0 Å². The summed E-state index contributed by atoms with van der Waals surface area (Å²) >= 11 is 3.21. The monoisotopic (exact) mass is 415 g/mol. The van der Waals surface area contributed by atoms with Crippen molar-refractivity contribution in [3.63, 3.8) is 0 Å². The van der Waals surface area contributed by atoms with Gasteiger partial charge in [-0.25, -0.2) is 0 Å². The molecule has 0 saturated heterocycles. The number of ether oxygens (including phenoxy) is 1. The first kappa shape index (κ1) is 19.0. The highest BCUT2D eigenvalue weighted by Crippen LogP contribution is 2.30. The standard InChI is InChI=1S/C17H13BrF3NO3/c1-10(25-15-6-5-13(18)7-11(15)9-23)16(24)22-14-4-2-3-12(8-14)17(19,20)21/h2-10H,1H3,(H,22,24). The summed E-state index contributed by atoms with van der Waals surface area (Å²) in [5.41, 5.74) is -0.621. The van der Waals surface area contributed by atoms with Crippen molar-refractivity contribution in [1.82, 2.24) is 0 Å². The highest BCUT2D eigenvalue weighted by atomic mass is 79.9. The van der Waals surface area contributed by atoms with E-state index in [1.54, 1.807) is 6.07 Å². The smallest absolute Gasteiger partial charge is 0.416 e. The van der Waals surface area contributed by atoms with Crippen LogP contribution in [-0.4, -0.2) is 18.3 Å². The number of anilines is 1. The third-order valence-electron chi connectivity index (χ3n) is 3.23. The van der Waals surface area contributed by atoms with Gasteiger partial charge < -0.3 is 10.1 Å². The first-order valence-electron chi connectivity index (χ1n) is 7.10. The van der Waals surface area contributed by atoms with E-state index in [1.165, 1.54) is 31.2 Å². The van der Waals surface area contributed by atoms with Gasteiger partial charge in [-0.05, 0) is 43.3 Å². The predicted molar refractivity (Wildman–Crippen MR) is 89.7 cm³/mol. The Labute approximate surface area is 150 Å². The molecule has 0 aliphatic carbocycles. The van der Waals surface area contributed by atoms with Crippen LogP contribution >= 0.6 is 15.9 Å². The maximum absolute atomic E-state index is 12.7. The number of benzene rings is 2. The third-order valence-corrected chi connectivity index (χ3v) is 3.72. The second-order valence-electron chi connectivity index (χ2n) is 5.13. The lowest BCUT2D eigenvalue weighted by Crippen LogP contribution is -2.30. The maximum Gasteiger partial charge on any atom is 0.416 e. The van der Waals surface area contributed by atoms with Crippen molar-refractivity contribution in [3.8, 4) is 5.75 Å². The van der Waals surface area contributed by atoms with Crippen molar-refractivity contribution in [2.75, 3.05) is 5.32 Å². The fourth-order valence-corrected chi connectivity index (χ4v) is 2.36. The van der Waals surface area contributed by atoms with Gasteiger partial charge in [0.15, 0.2) is 12.4 Å². The number of nitrogens with one attached hydrogen (secondary N) is 1. The minimum atomic E-state index is -4.50. The van der Waals surface area contributed by atoms with E-state index in [4.69, 9.17) is 4.74 Å². The van der Waals surface area contributed by atoms with Crippen molar-refractivity contribution < 1.29 is 27.5 Å². The number of carbonyl (C=O) groups excluding carboxylic acids is 2. The third kappa shape index (κ3) is 5.06. The number of halogens is 4. The zero-order chi connectivity index (χ0) is 18.6. The van der Waals surface area contributed by atoms with Crippen LogP contribution in [0, 0.1) is 0 Å². The summed E-state index contributed by atoms with van der Waals surface area (Å²) in [6.45, 7) is 1.43. The van der Waals surface area contributed by atoms with Gasteiger partial charge in [-0.1, -0.05) is 22.0 Å². The molecule has 1 amide bonds. The van der Waals surface area contributed by atoms with Crippen LogP contribution in [-0.2, 0) is 11.0 Å². The zero-order valence-corrected chi connectivity index (χ0v) is 14.5. The molecule has 2 aromatic carbocycles. The molecule has 0 saturated carbocycles. The van der Waals surface area contributed by atoms with E-state index in [9.17, 15) is 22.8 Å². The largest absolute Gasteiger partial charge is 0.480 e. The number of rotatable bonds is 5. The van der Waals surface area contributed by atoms with Gasteiger partial charge in [-0.2, -0.15) is 13.2 Å². The van der Waals surface area contributed by atoms with E-state index >= 15 is 0 Å². The quantitative estimate of drug-likeness (QED) is 0.720. The second kappa shape index (κ2) is 7.69. The number of alkyl halides is 3. The van der Waals surface area contributed by atoms with Crippen LogP contribution in [0.3, 0.4) is 0 Å². The number of carbonyl (C=O) groups is 2. The highest BCUT2D eigenvalue weighted by Gasteiger charge is 2.30. The van der Waals surface area contributed by atoms with Gasteiger partial charge in [0.2, 0.25) is 0 Å². The van der Waals surface area contributed by atoms with Crippen LogP contribution in [0.1, 0.15) is 22.8 Å². The van der Waals surface area contributed by atoms with Crippen molar-refractivity contribution in [2.45, 2.75) is 19.2 Å². The predicted octanol–water partition coefficient (Wildman–Crippen LogP) is 4.69. The Bertz CT molecular complexity index is 793. The molecule has 4 nitrogen and oxygen atoms in total. The molecule has 0 spiro atoms. The summed E-state index contributed by atoms with van der Waals surface area (Å²) in [5.74, 6) is -0.441. The van der Waals surface area contributed by atoms with Crippen molar-refractivity contribution in [2.24, 2.45) is 0 Å². The van der Waals surface area contributed by atoms with E-state index in [0.717, 1.165) is 12.1 Å². The maximum atomic E-state index is 12.7. The molecule has 0 aromatic heterocycles.